The van der Waals surface area contributed by atoms with Gasteiger partial charge in [-0.2, -0.15) is 0 Å². The van der Waals surface area contributed by atoms with E-state index >= 15 is 0 Å². The van der Waals surface area contributed by atoms with Crippen LogP contribution in [0.1, 0.15) is 39.6 Å². The van der Waals surface area contributed by atoms with Crippen molar-refractivity contribution < 1.29 is 19.1 Å². The van der Waals surface area contributed by atoms with Gasteiger partial charge in [-0.25, -0.2) is 9.78 Å². The molecule has 29 heavy (non-hydrogen) atoms. The van der Waals surface area contributed by atoms with Gasteiger partial charge in [-0.3, -0.25) is 14.6 Å². The lowest BCUT2D eigenvalue weighted by Crippen LogP contribution is -2.30. The summed E-state index contributed by atoms with van der Waals surface area (Å²) in [6.07, 6.45) is 0.647. The molecule has 0 aliphatic rings. The summed E-state index contributed by atoms with van der Waals surface area (Å²) < 4.78 is 5.31. The van der Waals surface area contributed by atoms with Gasteiger partial charge in [-0.1, -0.05) is 6.07 Å². The third-order valence-electron chi connectivity index (χ3n) is 4.08. The van der Waals surface area contributed by atoms with Crippen molar-refractivity contribution in [3.05, 3.63) is 64.8 Å². The minimum Gasteiger partial charge on any atom is -0.448 e. The van der Waals surface area contributed by atoms with E-state index in [-0.39, 0.29) is 5.78 Å². The zero-order chi connectivity index (χ0) is 21.0. The number of ketones is 1. The summed E-state index contributed by atoms with van der Waals surface area (Å²) in [6, 6.07) is 11.9. The molecule has 1 atom stereocenters. The number of rotatable bonds is 6. The molecule has 0 fully saturated rings. The van der Waals surface area contributed by atoms with Crippen LogP contribution in [0, 0.1) is 6.92 Å². The Morgan fingerprint density at radius 1 is 1.10 bits per heavy atom. The Labute approximate surface area is 171 Å². The van der Waals surface area contributed by atoms with Gasteiger partial charge in [0.25, 0.3) is 5.91 Å². The van der Waals surface area contributed by atoms with Crippen LogP contribution in [-0.4, -0.2) is 33.7 Å². The van der Waals surface area contributed by atoms with Gasteiger partial charge >= 0.3 is 5.97 Å². The number of Topliss-reactive ketones (excluding diaryl/α,β-unsaturated/α-hetero) is 1. The number of thiazole rings is 1. The van der Waals surface area contributed by atoms with Crippen LogP contribution in [0.2, 0.25) is 0 Å². The first-order valence-electron chi connectivity index (χ1n) is 8.87. The molecule has 148 valence electrons. The van der Waals surface area contributed by atoms with Crippen molar-refractivity contribution in [3.8, 4) is 10.7 Å². The molecular formula is C21H19N3O4S. The Morgan fingerprint density at radius 3 is 2.45 bits per heavy atom. The molecule has 0 aliphatic heterocycles. The third-order valence-corrected chi connectivity index (χ3v) is 5.24. The number of aryl methyl sites for hydroxylation is 1. The Hall–Kier alpha value is -3.39. The van der Waals surface area contributed by atoms with E-state index in [2.05, 4.69) is 15.3 Å². The van der Waals surface area contributed by atoms with E-state index in [9.17, 15) is 14.4 Å². The van der Waals surface area contributed by atoms with Crippen LogP contribution in [0.15, 0.2) is 48.7 Å². The second-order valence-electron chi connectivity index (χ2n) is 6.32. The van der Waals surface area contributed by atoms with E-state index < -0.39 is 18.0 Å². The number of carbonyl (C=O) groups excluding carboxylic acids is 3. The first-order valence-corrected chi connectivity index (χ1v) is 9.68. The summed E-state index contributed by atoms with van der Waals surface area (Å²) in [7, 11) is 0. The minimum atomic E-state index is -1.00. The number of anilines is 1. The van der Waals surface area contributed by atoms with E-state index in [0.29, 0.717) is 32.5 Å². The van der Waals surface area contributed by atoms with Gasteiger partial charge in [0.05, 0.1) is 11.4 Å². The van der Waals surface area contributed by atoms with Gasteiger partial charge in [0.2, 0.25) is 0 Å². The van der Waals surface area contributed by atoms with Crippen LogP contribution in [0.3, 0.4) is 0 Å². The van der Waals surface area contributed by atoms with Crippen LogP contribution in [-0.2, 0) is 9.53 Å². The highest BCUT2D eigenvalue weighted by Crippen LogP contribution is 2.27. The van der Waals surface area contributed by atoms with E-state index in [0.717, 1.165) is 0 Å². The first-order chi connectivity index (χ1) is 13.8. The Morgan fingerprint density at radius 2 is 1.83 bits per heavy atom. The average molecular weight is 409 g/mol. The largest absolute Gasteiger partial charge is 0.448 e. The number of nitrogens with one attached hydrogen (secondary N) is 1. The Bertz CT molecular complexity index is 1050. The van der Waals surface area contributed by atoms with Crippen molar-refractivity contribution in [2.45, 2.75) is 26.9 Å². The number of pyridine rings is 1. The number of hydrogen-bond acceptors (Lipinski definition) is 7. The number of esters is 1. The van der Waals surface area contributed by atoms with E-state index in [1.54, 1.807) is 49.5 Å². The second-order valence-corrected chi connectivity index (χ2v) is 7.32. The maximum absolute atomic E-state index is 12.5. The Balaban J connectivity index is 1.65. The monoisotopic (exact) mass is 409 g/mol. The summed E-state index contributed by atoms with van der Waals surface area (Å²) in [4.78, 5) is 45.1. The van der Waals surface area contributed by atoms with Crippen LogP contribution >= 0.6 is 11.3 Å². The highest BCUT2D eigenvalue weighted by Gasteiger charge is 2.23. The fraction of sp³-hybridized carbons (Fsp3) is 0.190. The second kappa shape index (κ2) is 8.74. The molecule has 0 aliphatic carbocycles. The summed E-state index contributed by atoms with van der Waals surface area (Å²) in [5, 5.41) is 3.27. The fourth-order valence-corrected chi connectivity index (χ4v) is 3.41. The first kappa shape index (κ1) is 20.3. The van der Waals surface area contributed by atoms with Crippen molar-refractivity contribution in [1.29, 1.82) is 0 Å². The van der Waals surface area contributed by atoms with Crippen molar-refractivity contribution in [2.24, 2.45) is 0 Å². The lowest BCUT2D eigenvalue weighted by molar-refractivity contribution is -0.123. The number of carbonyl (C=O) groups is 3. The molecule has 0 unspecified atom stereocenters. The minimum absolute atomic E-state index is 0.0600. The van der Waals surface area contributed by atoms with Gasteiger partial charge in [-0.15, -0.1) is 11.3 Å². The summed E-state index contributed by atoms with van der Waals surface area (Å²) >= 11 is 1.17. The molecule has 2 heterocycles. The normalized spacial score (nSPS) is 11.6. The quantitative estimate of drug-likeness (QED) is 0.490. The number of nitrogens with zero attached hydrogens (tertiary/aromatic N) is 2. The Kier molecular flexibility index (Phi) is 6.13. The molecule has 1 N–H and O–H groups in total. The lowest BCUT2D eigenvalue weighted by atomic mass is 10.1. The highest BCUT2D eigenvalue weighted by molar-refractivity contribution is 7.17. The molecule has 1 amide bonds. The van der Waals surface area contributed by atoms with E-state index in [1.165, 1.54) is 25.2 Å². The van der Waals surface area contributed by atoms with E-state index in [4.69, 9.17) is 4.74 Å². The number of aromatic nitrogens is 2. The molecule has 8 heteroatoms. The molecule has 0 saturated carbocycles. The molecule has 1 aromatic carbocycles. The molecule has 3 rings (SSSR count). The molecule has 0 saturated heterocycles. The molecule has 0 spiro atoms. The van der Waals surface area contributed by atoms with Crippen molar-refractivity contribution in [3.63, 3.8) is 0 Å². The maximum Gasteiger partial charge on any atom is 0.351 e. The van der Waals surface area contributed by atoms with Crippen molar-refractivity contribution in [2.75, 3.05) is 5.32 Å². The molecule has 0 radical (unpaired) electrons. The SMILES string of the molecule is CC(=O)c1ccc(NC(=O)[C@H](C)OC(=O)c2sc(-c3ccccn3)nc2C)cc1. The molecule has 2 aromatic heterocycles. The zero-order valence-corrected chi connectivity index (χ0v) is 16.9. The zero-order valence-electron chi connectivity index (χ0n) is 16.1. The van der Waals surface area contributed by atoms with Gasteiger partial charge < -0.3 is 10.1 Å². The predicted molar refractivity (Wildman–Crippen MR) is 110 cm³/mol. The number of amides is 1. The molecular weight excluding hydrogens is 390 g/mol. The summed E-state index contributed by atoms with van der Waals surface area (Å²) in [5.41, 5.74) is 2.24. The van der Waals surface area contributed by atoms with Crippen LogP contribution in [0.4, 0.5) is 5.69 Å². The lowest BCUT2D eigenvalue weighted by Gasteiger charge is -2.13. The standard InChI is InChI=1S/C21H19N3O4S/c1-12-18(29-20(23-12)17-6-4-5-11-22-17)21(27)28-14(3)19(26)24-16-9-7-15(8-10-16)13(2)25/h4-11,14H,1-3H3,(H,24,26)/t14-/m0/s1. The fourth-order valence-electron chi connectivity index (χ4n) is 2.48. The predicted octanol–water partition coefficient (Wildman–Crippen LogP) is 3.90. The van der Waals surface area contributed by atoms with Gasteiger partial charge in [-0.05, 0) is 57.2 Å². The molecule has 3 aromatic rings. The number of hydrogen-bond donors (Lipinski definition) is 1. The molecule has 7 nitrogen and oxygen atoms in total. The highest BCUT2D eigenvalue weighted by atomic mass is 32.1. The number of ether oxygens (including phenoxy) is 1. The van der Waals surface area contributed by atoms with Gasteiger partial charge in [0.1, 0.15) is 9.88 Å². The smallest absolute Gasteiger partial charge is 0.351 e. The maximum atomic E-state index is 12.5. The van der Waals surface area contributed by atoms with Crippen molar-refractivity contribution >= 4 is 34.7 Å². The third kappa shape index (κ3) is 4.91. The number of benzene rings is 1. The topological polar surface area (TPSA) is 98.2 Å². The summed E-state index contributed by atoms with van der Waals surface area (Å²) in [5.74, 6) is -1.15. The van der Waals surface area contributed by atoms with Crippen molar-refractivity contribution in [1.82, 2.24) is 9.97 Å². The van der Waals surface area contributed by atoms with Crippen LogP contribution in [0.25, 0.3) is 10.7 Å². The van der Waals surface area contributed by atoms with Gasteiger partial charge in [0, 0.05) is 17.4 Å². The molecule has 0 bridgehead atoms. The van der Waals surface area contributed by atoms with E-state index in [1.807, 2.05) is 6.07 Å². The van der Waals surface area contributed by atoms with Gasteiger partial charge in [0.15, 0.2) is 11.9 Å². The average Bonchev–Trinajstić information content (AvgIpc) is 3.11. The van der Waals surface area contributed by atoms with Crippen LogP contribution < -0.4 is 5.32 Å². The van der Waals surface area contributed by atoms with Crippen LogP contribution in [0.5, 0.6) is 0 Å². The summed E-state index contributed by atoms with van der Waals surface area (Å²) in [6.45, 7) is 4.67.